The van der Waals surface area contributed by atoms with Gasteiger partial charge < -0.3 is 4.57 Å². The molecule has 112 valence electrons. The summed E-state index contributed by atoms with van der Waals surface area (Å²) in [5, 5.41) is -0.573. The highest BCUT2D eigenvalue weighted by Gasteiger charge is 2.36. The van der Waals surface area contributed by atoms with Crippen molar-refractivity contribution >= 4 is 46.3 Å². The molecule has 2 aromatic rings. The predicted molar refractivity (Wildman–Crippen MR) is 85.3 cm³/mol. The molecular formula is C15H10ClFN2O2S. The number of aryl methyl sites for hydroxylation is 1. The molecule has 0 aliphatic carbocycles. The lowest BCUT2D eigenvalue weighted by Crippen LogP contribution is -2.27. The van der Waals surface area contributed by atoms with E-state index < -0.39 is 17.0 Å². The highest BCUT2D eigenvalue weighted by molar-refractivity contribution is 8.19. The van der Waals surface area contributed by atoms with Crippen molar-refractivity contribution in [2.75, 3.05) is 4.90 Å². The SMILES string of the molecule is Cn1cccc1C=C1SC(=O)N(c2ccc(F)c(Cl)c2)C1=O. The standard InChI is InChI=1S/C15H10ClFN2O2S/c1-18-6-2-3-9(18)8-13-14(20)19(15(21)22-13)10-4-5-12(17)11(16)7-10/h2-8H,1H3. The normalized spacial score (nSPS) is 16.9. The Kier molecular flexibility index (Phi) is 3.80. The number of hydrogen-bond acceptors (Lipinski definition) is 3. The number of nitrogens with zero attached hydrogens (tertiary/aromatic N) is 2. The van der Waals surface area contributed by atoms with E-state index in [1.54, 1.807) is 6.08 Å². The number of rotatable bonds is 2. The van der Waals surface area contributed by atoms with Gasteiger partial charge in [-0.1, -0.05) is 11.6 Å². The van der Waals surface area contributed by atoms with Crippen LogP contribution in [-0.4, -0.2) is 15.7 Å². The summed E-state index contributed by atoms with van der Waals surface area (Å²) in [6, 6.07) is 7.42. The molecule has 0 bridgehead atoms. The van der Waals surface area contributed by atoms with Crippen molar-refractivity contribution in [3.63, 3.8) is 0 Å². The monoisotopic (exact) mass is 336 g/mol. The Morgan fingerprint density at radius 2 is 2.05 bits per heavy atom. The van der Waals surface area contributed by atoms with Crippen LogP contribution < -0.4 is 4.90 Å². The molecule has 1 aromatic heterocycles. The molecule has 0 saturated carbocycles. The van der Waals surface area contributed by atoms with Crippen LogP contribution in [0.15, 0.2) is 41.4 Å². The van der Waals surface area contributed by atoms with Gasteiger partial charge in [0.05, 0.1) is 15.6 Å². The Hall–Kier alpha value is -2.05. The third-order valence-corrected chi connectivity index (χ3v) is 4.38. The number of anilines is 1. The van der Waals surface area contributed by atoms with Crippen LogP contribution in [0.3, 0.4) is 0 Å². The summed E-state index contributed by atoms with van der Waals surface area (Å²) in [6.45, 7) is 0. The summed E-state index contributed by atoms with van der Waals surface area (Å²) < 4.78 is 15.0. The van der Waals surface area contributed by atoms with Gasteiger partial charge in [0.1, 0.15) is 5.82 Å². The Morgan fingerprint density at radius 1 is 1.27 bits per heavy atom. The summed E-state index contributed by atoms with van der Waals surface area (Å²) in [5.41, 5.74) is 1.06. The first kappa shape index (κ1) is 14.9. The molecule has 2 heterocycles. The molecule has 0 spiro atoms. The van der Waals surface area contributed by atoms with Crippen LogP contribution in [0.4, 0.5) is 14.9 Å². The number of aromatic nitrogens is 1. The van der Waals surface area contributed by atoms with E-state index >= 15 is 0 Å². The fourth-order valence-electron chi connectivity index (χ4n) is 2.07. The van der Waals surface area contributed by atoms with Crippen molar-refractivity contribution in [3.05, 3.63) is 58.0 Å². The lowest BCUT2D eigenvalue weighted by molar-refractivity contribution is -0.113. The van der Waals surface area contributed by atoms with Gasteiger partial charge in [0.2, 0.25) is 0 Å². The molecule has 3 rings (SSSR count). The lowest BCUT2D eigenvalue weighted by Gasteiger charge is -2.12. The van der Waals surface area contributed by atoms with Gasteiger partial charge in [-0.2, -0.15) is 0 Å². The number of hydrogen-bond donors (Lipinski definition) is 0. The third kappa shape index (κ3) is 2.55. The molecule has 0 N–H and O–H groups in total. The van der Waals surface area contributed by atoms with E-state index in [9.17, 15) is 14.0 Å². The zero-order valence-electron chi connectivity index (χ0n) is 11.4. The van der Waals surface area contributed by atoms with Crippen molar-refractivity contribution in [2.24, 2.45) is 7.05 Å². The van der Waals surface area contributed by atoms with Gasteiger partial charge in [-0.15, -0.1) is 0 Å². The second-order valence-corrected chi connectivity index (χ2v) is 6.06. The topological polar surface area (TPSA) is 42.3 Å². The molecule has 0 unspecified atom stereocenters. The zero-order valence-corrected chi connectivity index (χ0v) is 13.0. The van der Waals surface area contributed by atoms with Crippen LogP contribution in [0.5, 0.6) is 0 Å². The molecule has 4 nitrogen and oxygen atoms in total. The van der Waals surface area contributed by atoms with Crippen LogP contribution in [0.25, 0.3) is 6.08 Å². The molecule has 1 aliphatic rings. The first-order chi connectivity index (χ1) is 10.5. The van der Waals surface area contributed by atoms with Gasteiger partial charge in [0.15, 0.2) is 0 Å². The first-order valence-corrected chi connectivity index (χ1v) is 7.51. The molecule has 2 amide bonds. The zero-order chi connectivity index (χ0) is 15.9. The Balaban J connectivity index is 1.96. The van der Waals surface area contributed by atoms with Crippen LogP contribution >= 0.6 is 23.4 Å². The van der Waals surface area contributed by atoms with Crippen LogP contribution in [0.1, 0.15) is 5.69 Å². The fourth-order valence-corrected chi connectivity index (χ4v) is 3.07. The van der Waals surface area contributed by atoms with Crippen molar-refractivity contribution in [1.29, 1.82) is 0 Å². The van der Waals surface area contributed by atoms with Crippen LogP contribution in [0.2, 0.25) is 5.02 Å². The largest absolute Gasteiger partial charge is 0.351 e. The first-order valence-electron chi connectivity index (χ1n) is 6.32. The van der Waals surface area contributed by atoms with Gasteiger partial charge in [-0.05, 0) is 48.2 Å². The van der Waals surface area contributed by atoms with E-state index in [0.717, 1.165) is 28.4 Å². The molecule has 1 saturated heterocycles. The maximum atomic E-state index is 13.2. The van der Waals surface area contributed by atoms with Gasteiger partial charge in [-0.25, -0.2) is 9.29 Å². The number of benzene rings is 1. The second-order valence-electron chi connectivity index (χ2n) is 4.66. The average molecular weight is 337 g/mol. The molecule has 22 heavy (non-hydrogen) atoms. The summed E-state index contributed by atoms with van der Waals surface area (Å²) >= 11 is 6.55. The maximum absolute atomic E-state index is 13.2. The van der Waals surface area contributed by atoms with Crippen LogP contribution in [0, 0.1) is 5.82 Å². The van der Waals surface area contributed by atoms with E-state index in [1.807, 2.05) is 29.9 Å². The molecule has 1 aliphatic heterocycles. The molecule has 0 radical (unpaired) electrons. The maximum Gasteiger partial charge on any atom is 0.298 e. The van der Waals surface area contributed by atoms with Gasteiger partial charge in [0.25, 0.3) is 11.1 Å². The second kappa shape index (κ2) is 5.62. The van der Waals surface area contributed by atoms with Crippen molar-refractivity contribution in [3.8, 4) is 0 Å². The van der Waals surface area contributed by atoms with Crippen LogP contribution in [-0.2, 0) is 11.8 Å². The molecule has 0 atom stereocenters. The minimum atomic E-state index is -0.600. The number of carbonyl (C=O) groups excluding carboxylic acids is 2. The Bertz CT molecular complexity index is 816. The van der Waals surface area contributed by atoms with Crippen molar-refractivity contribution in [2.45, 2.75) is 0 Å². The lowest BCUT2D eigenvalue weighted by atomic mass is 10.2. The minimum Gasteiger partial charge on any atom is -0.351 e. The quantitative estimate of drug-likeness (QED) is 0.777. The van der Waals surface area contributed by atoms with E-state index in [4.69, 9.17) is 11.6 Å². The fraction of sp³-hybridized carbons (Fsp3) is 0.0667. The number of halogens is 2. The van der Waals surface area contributed by atoms with E-state index in [0.29, 0.717) is 4.91 Å². The minimum absolute atomic E-state index is 0.136. The Labute approximate surface area is 135 Å². The molecule has 7 heteroatoms. The highest BCUT2D eigenvalue weighted by atomic mass is 35.5. The van der Waals surface area contributed by atoms with Gasteiger partial charge in [0, 0.05) is 18.9 Å². The molecular weight excluding hydrogens is 327 g/mol. The number of imide groups is 1. The third-order valence-electron chi connectivity index (χ3n) is 3.22. The van der Waals surface area contributed by atoms with E-state index in [2.05, 4.69) is 0 Å². The summed E-state index contributed by atoms with van der Waals surface area (Å²) in [4.78, 5) is 25.8. The summed E-state index contributed by atoms with van der Waals surface area (Å²) in [6.07, 6.45) is 3.49. The highest BCUT2D eigenvalue weighted by Crippen LogP contribution is 2.36. The number of carbonyl (C=O) groups is 2. The molecule has 1 aromatic carbocycles. The molecule has 1 fully saturated rings. The smallest absolute Gasteiger partial charge is 0.298 e. The van der Waals surface area contributed by atoms with Gasteiger partial charge >= 0.3 is 0 Å². The van der Waals surface area contributed by atoms with Gasteiger partial charge in [-0.3, -0.25) is 9.59 Å². The number of thioether (sulfide) groups is 1. The van der Waals surface area contributed by atoms with Crippen molar-refractivity contribution in [1.82, 2.24) is 4.57 Å². The Morgan fingerprint density at radius 3 is 2.68 bits per heavy atom. The predicted octanol–water partition coefficient (Wildman–Crippen LogP) is 4.06. The van der Waals surface area contributed by atoms with E-state index in [-0.39, 0.29) is 10.7 Å². The average Bonchev–Trinajstić information content (AvgIpc) is 2.99. The summed E-state index contributed by atoms with van der Waals surface area (Å²) in [5.74, 6) is -1.05. The van der Waals surface area contributed by atoms with E-state index in [1.165, 1.54) is 12.1 Å². The summed E-state index contributed by atoms with van der Waals surface area (Å²) in [7, 11) is 1.84. The number of amides is 2. The van der Waals surface area contributed by atoms with Crippen molar-refractivity contribution < 1.29 is 14.0 Å².